The van der Waals surface area contributed by atoms with Gasteiger partial charge in [-0.3, -0.25) is 9.59 Å². The second-order valence-electron chi connectivity index (χ2n) is 6.40. The summed E-state index contributed by atoms with van der Waals surface area (Å²) in [5.41, 5.74) is 2.44. The van der Waals surface area contributed by atoms with E-state index in [1.165, 1.54) is 12.8 Å². The highest BCUT2D eigenvalue weighted by Gasteiger charge is 2.37. The highest BCUT2D eigenvalue weighted by atomic mass is 16.5. The molecule has 0 amide bonds. The van der Waals surface area contributed by atoms with Crippen molar-refractivity contribution >= 4 is 17.3 Å². The van der Waals surface area contributed by atoms with E-state index in [1.54, 1.807) is 24.3 Å². The molecule has 1 aliphatic heterocycles. The van der Waals surface area contributed by atoms with Gasteiger partial charge in [0.05, 0.1) is 7.11 Å². The van der Waals surface area contributed by atoms with Crippen molar-refractivity contribution in [3.05, 3.63) is 77.2 Å². The number of methoxy groups -OCH3 is 1. The van der Waals surface area contributed by atoms with Gasteiger partial charge >= 0.3 is 0 Å². The number of anilines is 1. The molecule has 0 atom stereocenters. The average Bonchev–Trinajstić information content (AvgIpc) is 2.71. The fourth-order valence-electron chi connectivity index (χ4n) is 3.64. The van der Waals surface area contributed by atoms with Crippen LogP contribution in [0.4, 0.5) is 5.69 Å². The Morgan fingerprint density at radius 3 is 1.88 bits per heavy atom. The molecule has 5 nitrogen and oxygen atoms in total. The lowest BCUT2D eigenvalue weighted by Gasteiger charge is -2.39. The van der Waals surface area contributed by atoms with E-state index in [0.29, 0.717) is 29.9 Å². The molecule has 132 valence electrons. The van der Waals surface area contributed by atoms with Crippen LogP contribution in [-0.2, 0) is 4.74 Å². The number of Topliss-reactive ketones (excluding diaryl/α,β-unsaturated/α-hetero) is 2. The number of rotatable bonds is 3. The summed E-state index contributed by atoms with van der Waals surface area (Å²) >= 11 is 0. The number of ketones is 2. The molecule has 4 rings (SSSR count). The van der Waals surface area contributed by atoms with Gasteiger partial charge in [0.2, 0.25) is 11.6 Å². The molecule has 0 spiro atoms. The SMILES string of the molecule is COC1=C(N2CCN(c3ccccc3)CC2)C(=O)c2ccccc2C1=O. The van der Waals surface area contributed by atoms with Crippen LogP contribution in [0, 0.1) is 0 Å². The smallest absolute Gasteiger partial charge is 0.230 e. The number of nitrogens with zero attached hydrogens (tertiary/aromatic N) is 2. The summed E-state index contributed by atoms with van der Waals surface area (Å²) in [5.74, 6) is -0.199. The van der Waals surface area contributed by atoms with E-state index < -0.39 is 0 Å². The summed E-state index contributed by atoms with van der Waals surface area (Å²) in [6.07, 6.45) is 0. The first-order chi connectivity index (χ1) is 12.7. The van der Waals surface area contributed by atoms with Gasteiger partial charge in [-0.1, -0.05) is 42.5 Å². The maximum absolute atomic E-state index is 13.0. The molecule has 2 aromatic rings. The highest BCUT2D eigenvalue weighted by molar-refractivity contribution is 6.25. The third-order valence-electron chi connectivity index (χ3n) is 4.97. The van der Waals surface area contributed by atoms with Gasteiger partial charge in [0.1, 0.15) is 5.70 Å². The maximum atomic E-state index is 13.0. The monoisotopic (exact) mass is 348 g/mol. The first kappa shape index (κ1) is 16.4. The minimum absolute atomic E-state index is 0.134. The number of piperazine rings is 1. The lowest BCUT2D eigenvalue weighted by atomic mass is 9.90. The molecule has 2 aliphatic rings. The molecule has 0 bridgehead atoms. The summed E-state index contributed by atoms with van der Waals surface area (Å²) < 4.78 is 5.36. The lowest BCUT2D eigenvalue weighted by Crippen LogP contribution is -2.48. The van der Waals surface area contributed by atoms with E-state index in [0.717, 1.165) is 13.1 Å². The van der Waals surface area contributed by atoms with Crippen LogP contribution in [0.25, 0.3) is 0 Å². The van der Waals surface area contributed by atoms with Crippen molar-refractivity contribution in [1.82, 2.24) is 4.90 Å². The summed E-state index contributed by atoms with van der Waals surface area (Å²) in [6.45, 7) is 2.90. The Morgan fingerprint density at radius 2 is 1.27 bits per heavy atom. The van der Waals surface area contributed by atoms with Crippen molar-refractivity contribution in [2.75, 3.05) is 38.2 Å². The number of allylic oxidation sites excluding steroid dienone is 2. The molecule has 2 aromatic carbocycles. The Labute approximate surface area is 152 Å². The topological polar surface area (TPSA) is 49.9 Å². The van der Waals surface area contributed by atoms with Crippen molar-refractivity contribution in [2.24, 2.45) is 0 Å². The zero-order chi connectivity index (χ0) is 18.1. The van der Waals surface area contributed by atoms with Crippen LogP contribution in [0.5, 0.6) is 0 Å². The Morgan fingerprint density at radius 1 is 0.731 bits per heavy atom. The first-order valence-electron chi connectivity index (χ1n) is 8.72. The molecule has 1 fully saturated rings. The van der Waals surface area contributed by atoms with Gasteiger partial charge in [-0.05, 0) is 12.1 Å². The molecule has 1 aliphatic carbocycles. The van der Waals surface area contributed by atoms with E-state index in [-0.39, 0.29) is 17.3 Å². The molecule has 1 heterocycles. The molecular formula is C21H20N2O3. The molecule has 0 unspecified atom stereocenters. The predicted molar refractivity (Wildman–Crippen MR) is 99.4 cm³/mol. The minimum Gasteiger partial charge on any atom is -0.491 e. The highest BCUT2D eigenvalue weighted by Crippen LogP contribution is 2.30. The second-order valence-corrected chi connectivity index (χ2v) is 6.40. The van der Waals surface area contributed by atoms with E-state index in [1.807, 2.05) is 23.1 Å². The third-order valence-corrected chi connectivity index (χ3v) is 4.97. The second kappa shape index (κ2) is 6.67. The molecule has 1 saturated heterocycles. The third kappa shape index (κ3) is 2.65. The van der Waals surface area contributed by atoms with Crippen LogP contribution in [-0.4, -0.2) is 49.8 Å². The van der Waals surface area contributed by atoms with Crippen molar-refractivity contribution in [2.45, 2.75) is 0 Å². The number of fused-ring (bicyclic) bond motifs is 1. The zero-order valence-electron chi connectivity index (χ0n) is 14.6. The molecule has 0 radical (unpaired) electrons. The van der Waals surface area contributed by atoms with Crippen molar-refractivity contribution in [3.63, 3.8) is 0 Å². The number of hydrogen-bond donors (Lipinski definition) is 0. The van der Waals surface area contributed by atoms with Gasteiger partial charge in [0.15, 0.2) is 5.76 Å². The van der Waals surface area contributed by atoms with Crippen molar-refractivity contribution < 1.29 is 14.3 Å². The van der Waals surface area contributed by atoms with Crippen LogP contribution in [0.15, 0.2) is 66.1 Å². The van der Waals surface area contributed by atoms with Crippen LogP contribution in [0.3, 0.4) is 0 Å². The normalized spacial score (nSPS) is 17.4. The molecule has 0 aromatic heterocycles. The van der Waals surface area contributed by atoms with Crippen molar-refractivity contribution in [1.29, 1.82) is 0 Å². The summed E-state index contributed by atoms with van der Waals surface area (Å²) in [5, 5.41) is 0. The number of carbonyl (C=O) groups excluding carboxylic acids is 2. The average molecular weight is 348 g/mol. The number of benzene rings is 2. The Kier molecular flexibility index (Phi) is 4.21. The number of hydrogen-bond acceptors (Lipinski definition) is 5. The Hall–Kier alpha value is -3.08. The zero-order valence-corrected chi connectivity index (χ0v) is 14.6. The number of ether oxygens (including phenoxy) is 1. The molecular weight excluding hydrogens is 328 g/mol. The molecule has 0 saturated carbocycles. The Balaban J connectivity index is 1.61. The fraction of sp³-hybridized carbons (Fsp3) is 0.238. The largest absolute Gasteiger partial charge is 0.491 e. The summed E-state index contributed by atoms with van der Waals surface area (Å²) in [4.78, 5) is 30.1. The van der Waals surface area contributed by atoms with Gasteiger partial charge in [-0.2, -0.15) is 0 Å². The van der Waals surface area contributed by atoms with Crippen LogP contribution < -0.4 is 4.90 Å². The summed E-state index contributed by atoms with van der Waals surface area (Å²) in [7, 11) is 1.45. The standard InChI is InChI=1S/C21H20N2O3/c1-26-21-18(19(24)16-9-5-6-10-17(16)20(21)25)23-13-11-22(12-14-23)15-7-3-2-4-8-15/h2-10H,11-14H2,1H3. The van der Waals surface area contributed by atoms with E-state index >= 15 is 0 Å². The minimum atomic E-state index is -0.219. The van der Waals surface area contributed by atoms with Crippen molar-refractivity contribution in [3.8, 4) is 0 Å². The molecule has 26 heavy (non-hydrogen) atoms. The van der Waals surface area contributed by atoms with Gasteiger partial charge in [-0.25, -0.2) is 0 Å². The number of para-hydroxylation sites is 1. The summed E-state index contributed by atoms with van der Waals surface area (Å²) in [6, 6.07) is 17.1. The fourth-order valence-corrected chi connectivity index (χ4v) is 3.64. The van der Waals surface area contributed by atoms with E-state index in [2.05, 4.69) is 17.0 Å². The predicted octanol–water partition coefficient (Wildman–Crippen LogP) is 2.75. The lowest BCUT2D eigenvalue weighted by molar-refractivity contribution is 0.0866. The van der Waals surface area contributed by atoms with E-state index in [9.17, 15) is 9.59 Å². The Bertz CT molecular complexity index is 881. The van der Waals surface area contributed by atoms with Crippen LogP contribution in [0.2, 0.25) is 0 Å². The quantitative estimate of drug-likeness (QED) is 0.854. The van der Waals surface area contributed by atoms with Crippen LogP contribution in [0.1, 0.15) is 20.7 Å². The van der Waals surface area contributed by atoms with E-state index in [4.69, 9.17) is 4.74 Å². The molecule has 5 heteroatoms. The first-order valence-corrected chi connectivity index (χ1v) is 8.72. The van der Waals surface area contributed by atoms with Gasteiger partial charge < -0.3 is 14.5 Å². The van der Waals surface area contributed by atoms with Gasteiger partial charge in [0, 0.05) is 43.0 Å². The molecule has 0 N–H and O–H groups in total. The van der Waals surface area contributed by atoms with Gasteiger partial charge in [0.25, 0.3) is 0 Å². The maximum Gasteiger partial charge on any atom is 0.230 e. The number of carbonyl (C=O) groups is 2. The van der Waals surface area contributed by atoms with Gasteiger partial charge in [-0.15, -0.1) is 0 Å². The van der Waals surface area contributed by atoms with Crippen LogP contribution >= 0.6 is 0 Å².